The van der Waals surface area contributed by atoms with Gasteiger partial charge in [-0.05, 0) is 29.8 Å². The molecule has 1 unspecified atom stereocenters. The van der Waals surface area contributed by atoms with E-state index in [-0.39, 0.29) is 0 Å². The van der Waals surface area contributed by atoms with Gasteiger partial charge in [0.2, 0.25) is 0 Å². The van der Waals surface area contributed by atoms with Crippen LogP contribution in [0.25, 0.3) is 0 Å². The van der Waals surface area contributed by atoms with Crippen LogP contribution >= 0.6 is 34.0 Å². The summed E-state index contributed by atoms with van der Waals surface area (Å²) >= 11 is 5.37. The number of rotatable bonds is 6. The van der Waals surface area contributed by atoms with Crippen molar-refractivity contribution >= 4 is 34.0 Å². The molecule has 3 rings (SSSR count). The molecule has 0 radical (unpaired) electrons. The Labute approximate surface area is 131 Å². The highest BCUT2D eigenvalue weighted by atomic mass is 32.1. The number of thiophene rings is 2. The molecule has 2 nitrogen and oxygen atoms in total. The molecule has 3 aromatic heterocycles. The van der Waals surface area contributed by atoms with Crippen molar-refractivity contribution in [1.82, 2.24) is 10.3 Å². The maximum atomic E-state index is 4.52. The van der Waals surface area contributed by atoms with E-state index in [1.54, 1.807) is 11.3 Å². The zero-order chi connectivity index (χ0) is 13.8. The van der Waals surface area contributed by atoms with E-state index in [9.17, 15) is 0 Å². The van der Waals surface area contributed by atoms with Gasteiger partial charge in [0.25, 0.3) is 0 Å². The molecule has 3 aromatic rings. The molecule has 20 heavy (non-hydrogen) atoms. The number of aromatic nitrogens is 1. The minimum atomic E-state index is 0.373. The van der Waals surface area contributed by atoms with Gasteiger partial charge >= 0.3 is 0 Å². The molecule has 0 aliphatic rings. The largest absolute Gasteiger partial charge is 0.302 e. The highest BCUT2D eigenvalue weighted by Crippen LogP contribution is 2.25. The van der Waals surface area contributed by atoms with Crippen LogP contribution in [0.3, 0.4) is 0 Å². The van der Waals surface area contributed by atoms with Crippen LogP contribution in [0.15, 0.2) is 40.4 Å². The summed E-state index contributed by atoms with van der Waals surface area (Å²) in [5, 5.41) is 11.2. The lowest BCUT2D eigenvalue weighted by Crippen LogP contribution is -2.21. The van der Waals surface area contributed by atoms with Gasteiger partial charge in [-0.25, -0.2) is 4.98 Å². The number of nitrogens with zero attached hydrogens (tertiary/aromatic N) is 1. The summed E-state index contributed by atoms with van der Waals surface area (Å²) < 4.78 is 0. The van der Waals surface area contributed by atoms with Crippen LogP contribution in [0.1, 0.15) is 26.5 Å². The lowest BCUT2D eigenvalue weighted by Gasteiger charge is -2.16. The van der Waals surface area contributed by atoms with Gasteiger partial charge in [0.1, 0.15) is 5.01 Å². The minimum Gasteiger partial charge on any atom is -0.302 e. The van der Waals surface area contributed by atoms with Gasteiger partial charge in [0.15, 0.2) is 0 Å². The highest BCUT2D eigenvalue weighted by molar-refractivity contribution is 7.10. The van der Waals surface area contributed by atoms with Gasteiger partial charge < -0.3 is 5.32 Å². The Kier molecular flexibility index (Phi) is 4.62. The van der Waals surface area contributed by atoms with Crippen LogP contribution in [-0.4, -0.2) is 4.98 Å². The van der Waals surface area contributed by atoms with Crippen molar-refractivity contribution in [3.8, 4) is 0 Å². The summed E-state index contributed by atoms with van der Waals surface area (Å²) in [6.45, 7) is 2.88. The fraction of sp³-hybridized carbons (Fsp3) is 0.267. The topological polar surface area (TPSA) is 24.9 Å². The smallest absolute Gasteiger partial charge is 0.107 e. The minimum absolute atomic E-state index is 0.373. The monoisotopic (exact) mass is 320 g/mol. The van der Waals surface area contributed by atoms with Crippen molar-refractivity contribution in [2.75, 3.05) is 0 Å². The van der Waals surface area contributed by atoms with E-state index in [2.05, 4.69) is 50.7 Å². The zero-order valence-electron chi connectivity index (χ0n) is 11.2. The first-order valence-electron chi connectivity index (χ1n) is 6.51. The Bertz CT molecular complexity index is 626. The third kappa shape index (κ3) is 3.55. The fourth-order valence-corrected chi connectivity index (χ4v) is 4.36. The molecule has 0 aliphatic heterocycles. The summed E-state index contributed by atoms with van der Waals surface area (Å²) in [5.74, 6) is 0. The van der Waals surface area contributed by atoms with Gasteiger partial charge in [-0.15, -0.1) is 34.0 Å². The Hall–Kier alpha value is -1.01. The second-order valence-electron chi connectivity index (χ2n) is 4.62. The van der Waals surface area contributed by atoms with Gasteiger partial charge in [-0.3, -0.25) is 0 Å². The SMILES string of the molecule is Cc1csc(CNC(Cc2cccs2)c2cccs2)n1. The average Bonchev–Trinajstić information content (AvgIpc) is 3.17. The lowest BCUT2D eigenvalue weighted by molar-refractivity contribution is 0.540. The number of nitrogens with one attached hydrogen (secondary N) is 1. The summed E-state index contributed by atoms with van der Waals surface area (Å²) in [6, 6.07) is 9.04. The van der Waals surface area contributed by atoms with E-state index in [1.165, 1.54) is 9.75 Å². The first-order valence-corrected chi connectivity index (χ1v) is 9.15. The van der Waals surface area contributed by atoms with E-state index in [1.807, 2.05) is 29.6 Å². The molecule has 5 heteroatoms. The summed E-state index contributed by atoms with van der Waals surface area (Å²) in [5.41, 5.74) is 1.11. The number of thiazole rings is 1. The van der Waals surface area contributed by atoms with Gasteiger partial charge in [0, 0.05) is 39.8 Å². The molecule has 1 atom stereocenters. The molecule has 0 saturated carbocycles. The molecule has 0 bridgehead atoms. The Balaban J connectivity index is 1.69. The van der Waals surface area contributed by atoms with E-state index in [0.717, 1.165) is 23.7 Å². The fourth-order valence-electron chi connectivity index (χ4n) is 2.09. The lowest BCUT2D eigenvalue weighted by atomic mass is 10.1. The van der Waals surface area contributed by atoms with E-state index < -0.39 is 0 Å². The van der Waals surface area contributed by atoms with E-state index in [4.69, 9.17) is 0 Å². The molecule has 0 amide bonds. The van der Waals surface area contributed by atoms with Crippen LogP contribution in [0, 0.1) is 6.92 Å². The van der Waals surface area contributed by atoms with Crippen molar-refractivity contribution in [2.45, 2.75) is 25.9 Å². The van der Waals surface area contributed by atoms with Gasteiger partial charge in [0.05, 0.1) is 0 Å². The Morgan fingerprint density at radius 3 is 2.65 bits per heavy atom. The summed E-state index contributed by atoms with van der Waals surface area (Å²) in [7, 11) is 0. The van der Waals surface area contributed by atoms with Crippen LogP contribution in [0.4, 0.5) is 0 Å². The van der Waals surface area contributed by atoms with Gasteiger partial charge in [-0.1, -0.05) is 12.1 Å². The maximum absolute atomic E-state index is 4.52. The molecule has 0 aliphatic carbocycles. The zero-order valence-corrected chi connectivity index (χ0v) is 13.7. The van der Waals surface area contributed by atoms with Crippen molar-refractivity contribution in [1.29, 1.82) is 0 Å². The van der Waals surface area contributed by atoms with Crippen LogP contribution in [0.5, 0.6) is 0 Å². The van der Waals surface area contributed by atoms with Gasteiger partial charge in [-0.2, -0.15) is 0 Å². The van der Waals surface area contributed by atoms with Crippen molar-refractivity contribution in [3.05, 3.63) is 60.9 Å². The normalized spacial score (nSPS) is 12.7. The third-order valence-corrected chi connectivity index (χ3v) is 5.89. The summed E-state index contributed by atoms with van der Waals surface area (Å²) in [6.07, 6.45) is 1.04. The van der Waals surface area contributed by atoms with E-state index >= 15 is 0 Å². The van der Waals surface area contributed by atoms with Crippen LogP contribution in [0.2, 0.25) is 0 Å². The number of aryl methyl sites for hydroxylation is 1. The second kappa shape index (κ2) is 6.63. The molecule has 3 heterocycles. The number of hydrogen-bond acceptors (Lipinski definition) is 5. The molecule has 0 aromatic carbocycles. The van der Waals surface area contributed by atoms with Crippen molar-refractivity contribution in [3.63, 3.8) is 0 Å². The molecule has 1 N–H and O–H groups in total. The predicted molar refractivity (Wildman–Crippen MR) is 88.8 cm³/mol. The standard InChI is InChI=1S/C15H16N2S3/c1-11-10-20-15(17-11)9-16-13(14-5-3-7-19-14)8-12-4-2-6-18-12/h2-7,10,13,16H,8-9H2,1H3. The molecular weight excluding hydrogens is 304 g/mol. The van der Waals surface area contributed by atoms with Crippen molar-refractivity contribution in [2.24, 2.45) is 0 Å². The average molecular weight is 321 g/mol. The first-order chi connectivity index (χ1) is 9.81. The first kappa shape index (κ1) is 13.9. The highest BCUT2D eigenvalue weighted by Gasteiger charge is 2.14. The van der Waals surface area contributed by atoms with E-state index in [0.29, 0.717) is 6.04 Å². The van der Waals surface area contributed by atoms with Crippen LogP contribution < -0.4 is 5.32 Å². The molecule has 0 saturated heterocycles. The third-order valence-electron chi connectivity index (χ3n) is 3.04. The molecule has 0 spiro atoms. The summed E-state index contributed by atoms with van der Waals surface area (Å²) in [4.78, 5) is 7.34. The quantitative estimate of drug-likeness (QED) is 0.715. The van der Waals surface area contributed by atoms with Crippen LogP contribution in [-0.2, 0) is 13.0 Å². The second-order valence-corrected chi connectivity index (χ2v) is 7.57. The Morgan fingerprint density at radius 2 is 2.00 bits per heavy atom. The molecule has 104 valence electrons. The molecular formula is C15H16N2S3. The Morgan fingerprint density at radius 1 is 1.15 bits per heavy atom. The number of hydrogen-bond donors (Lipinski definition) is 1. The maximum Gasteiger partial charge on any atom is 0.107 e. The molecule has 0 fully saturated rings. The predicted octanol–water partition coefficient (Wildman–Crippen LogP) is 4.65. The van der Waals surface area contributed by atoms with Crippen molar-refractivity contribution < 1.29 is 0 Å².